The molecule has 218 valence electrons. The van der Waals surface area contributed by atoms with E-state index in [1.807, 2.05) is 0 Å². The molecule has 0 spiro atoms. The summed E-state index contributed by atoms with van der Waals surface area (Å²) in [4.78, 5) is 12.5. The highest BCUT2D eigenvalue weighted by Gasteiger charge is 2.32. The predicted molar refractivity (Wildman–Crippen MR) is 144 cm³/mol. The molecule has 3 aromatic rings. The van der Waals surface area contributed by atoms with Gasteiger partial charge in [0.2, 0.25) is 10.0 Å². The number of sulfonamides is 1. The summed E-state index contributed by atoms with van der Waals surface area (Å²) >= 11 is 0. The van der Waals surface area contributed by atoms with Gasteiger partial charge in [-0.3, -0.25) is 4.72 Å². The highest BCUT2D eigenvalue weighted by molar-refractivity contribution is 7.92. The number of halogens is 5. The van der Waals surface area contributed by atoms with Crippen LogP contribution < -0.4 is 9.46 Å². The molecule has 0 amide bonds. The Labute approximate surface area is 233 Å². The number of carbonyl (C=O) groups is 1. The number of rotatable bonds is 9. The quantitative estimate of drug-likeness (QED) is 0.209. The Hall–Kier alpha value is -3.93. The fraction of sp³-hybridized carbons (Fsp3) is 0.276. The Bertz CT molecular complexity index is 1620. The zero-order valence-electron chi connectivity index (χ0n) is 22.1. The van der Waals surface area contributed by atoms with Gasteiger partial charge in [0.15, 0.2) is 0 Å². The second kappa shape index (κ2) is 11.9. The van der Waals surface area contributed by atoms with Gasteiger partial charge in [-0.05, 0) is 91.4 Å². The van der Waals surface area contributed by atoms with Crippen LogP contribution in [0.5, 0.6) is 5.75 Å². The lowest BCUT2D eigenvalue weighted by Crippen LogP contribution is -2.12. The molecule has 0 fully saturated rings. The molecule has 1 aliphatic rings. The molecule has 1 aliphatic carbocycles. The molecule has 0 atom stereocenters. The van der Waals surface area contributed by atoms with E-state index in [0.717, 1.165) is 30.5 Å². The normalized spacial score (nSPS) is 13.8. The van der Waals surface area contributed by atoms with Crippen molar-refractivity contribution in [1.29, 1.82) is 0 Å². The van der Waals surface area contributed by atoms with Crippen molar-refractivity contribution in [2.75, 3.05) is 17.6 Å². The fourth-order valence-corrected chi connectivity index (χ4v) is 5.17. The molecule has 12 heteroatoms. The van der Waals surface area contributed by atoms with Crippen molar-refractivity contribution in [2.45, 2.75) is 39.0 Å². The Morgan fingerprint density at radius 3 is 2.37 bits per heavy atom. The number of allylic oxidation sites excluding steroid dienone is 2. The minimum absolute atomic E-state index is 0.0106. The third-order valence-electron chi connectivity index (χ3n) is 6.34. The number of benzene rings is 3. The van der Waals surface area contributed by atoms with Crippen LogP contribution in [-0.2, 0) is 27.5 Å². The van der Waals surface area contributed by atoms with Gasteiger partial charge in [-0.25, -0.2) is 22.0 Å². The van der Waals surface area contributed by atoms with Gasteiger partial charge in [0.05, 0.1) is 24.0 Å². The summed E-state index contributed by atoms with van der Waals surface area (Å²) in [6.07, 6.45) is -2.38. The van der Waals surface area contributed by atoms with Gasteiger partial charge in [0.1, 0.15) is 24.0 Å². The van der Waals surface area contributed by atoms with Crippen molar-refractivity contribution in [3.8, 4) is 5.75 Å². The van der Waals surface area contributed by atoms with E-state index in [0.29, 0.717) is 42.0 Å². The van der Waals surface area contributed by atoms with Crippen LogP contribution in [0.1, 0.15) is 58.8 Å². The van der Waals surface area contributed by atoms with E-state index in [2.05, 4.69) is 4.72 Å². The van der Waals surface area contributed by atoms with E-state index >= 15 is 0 Å². The summed E-state index contributed by atoms with van der Waals surface area (Å²) in [5.41, 5.74) is 0.849. The lowest BCUT2D eigenvalue weighted by atomic mass is 9.93. The smallest absolute Gasteiger partial charge is 0.416 e. The average Bonchev–Trinajstić information content (AvgIpc) is 3.36. The second-order valence-electron chi connectivity index (χ2n) is 9.44. The Kier molecular flexibility index (Phi) is 8.71. The monoisotopic (exact) mass is 595 g/mol. The molecule has 0 saturated carbocycles. The lowest BCUT2D eigenvalue weighted by Gasteiger charge is -2.18. The zero-order chi connectivity index (χ0) is 29.9. The van der Waals surface area contributed by atoms with Gasteiger partial charge in [-0.15, -0.1) is 0 Å². The maximum Gasteiger partial charge on any atom is 0.416 e. The van der Waals surface area contributed by atoms with Crippen molar-refractivity contribution in [2.24, 2.45) is 0 Å². The molecule has 0 bridgehead atoms. The summed E-state index contributed by atoms with van der Waals surface area (Å²) in [6.45, 7) is 1.32. The first-order valence-corrected chi connectivity index (χ1v) is 14.4. The first-order valence-electron chi connectivity index (χ1n) is 12.6. The van der Waals surface area contributed by atoms with Crippen molar-refractivity contribution < 1.29 is 44.6 Å². The molecule has 1 N–H and O–H groups in total. The van der Waals surface area contributed by atoms with Crippen molar-refractivity contribution in [3.05, 3.63) is 94.0 Å². The van der Waals surface area contributed by atoms with E-state index in [4.69, 9.17) is 9.47 Å². The number of anilines is 1. The molecule has 0 radical (unpaired) electrons. The third-order valence-corrected chi connectivity index (χ3v) is 6.95. The topological polar surface area (TPSA) is 81.7 Å². The summed E-state index contributed by atoms with van der Waals surface area (Å²) in [5, 5.41) is 0. The van der Waals surface area contributed by atoms with E-state index in [1.54, 1.807) is 6.92 Å². The molecule has 6 nitrogen and oxygen atoms in total. The van der Waals surface area contributed by atoms with Gasteiger partial charge in [-0.2, -0.15) is 13.2 Å². The molecule has 0 aliphatic heterocycles. The maximum absolute atomic E-state index is 14.2. The Morgan fingerprint density at radius 1 is 0.976 bits per heavy atom. The number of ether oxygens (including phenoxy) is 2. The second-order valence-corrected chi connectivity index (χ2v) is 11.2. The zero-order valence-corrected chi connectivity index (χ0v) is 22.9. The molecule has 4 rings (SSSR count). The van der Waals surface area contributed by atoms with Gasteiger partial charge in [0, 0.05) is 22.9 Å². The number of carbonyl (C=O) groups excluding carboxylic acids is 1. The molecule has 0 heterocycles. The molecular weight excluding hydrogens is 569 g/mol. The van der Waals surface area contributed by atoms with Crippen LogP contribution in [0.25, 0.3) is 11.1 Å². The minimum atomic E-state index is -4.66. The van der Waals surface area contributed by atoms with Crippen LogP contribution in [0.4, 0.5) is 27.6 Å². The van der Waals surface area contributed by atoms with E-state index in [9.17, 15) is 35.2 Å². The molecule has 3 aromatic carbocycles. The molecule has 0 saturated heterocycles. The minimum Gasteiger partial charge on any atom is -0.488 e. The first-order chi connectivity index (χ1) is 19.2. The highest BCUT2D eigenvalue weighted by atomic mass is 32.2. The van der Waals surface area contributed by atoms with Crippen molar-refractivity contribution in [1.82, 2.24) is 0 Å². The first kappa shape index (κ1) is 30.0. The van der Waals surface area contributed by atoms with E-state index in [1.165, 1.54) is 24.3 Å². The van der Waals surface area contributed by atoms with Crippen LogP contribution in [0.2, 0.25) is 0 Å². The molecule has 0 unspecified atom stereocenters. The summed E-state index contributed by atoms with van der Waals surface area (Å²) in [5.74, 6) is -2.29. The number of alkyl halides is 3. The lowest BCUT2D eigenvalue weighted by molar-refractivity contribution is -0.137. The number of nitrogens with one attached hydrogen (secondary N) is 1. The average molecular weight is 596 g/mol. The van der Waals surface area contributed by atoms with Crippen LogP contribution >= 0.6 is 0 Å². The van der Waals surface area contributed by atoms with Gasteiger partial charge in [0.25, 0.3) is 0 Å². The Balaban J connectivity index is 1.84. The molecular formula is C29H26F5NO5S. The SMILES string of the molecule is CCOC(=O)c1cc(NS(C)(=O)=O)cc(C2=C(c3cc(C(F)(F)F)ccc3OCc3ccc(F)cc3F)CCC2)c1. The number of hydrogen-bond donors (Lipinski definition) is 1. The maximum atomic E-state index is 14.2. The fourth-order valence-electron chi connectivity index (χ4n) is 4.63. The summed E-state index contributed by atoms with van der Waals surface area (Å²) in [6, 6.07) is 10.2. The standard InChI is InChI=1S/C29H26F5NO5S/c1-3-39-28(36)19-11-18(12-22(13-19)35-41(2,37)38)23-5-4-6-24(23)25-14-20(29(32,33)34)8-10-27(25)40-16-17-7-9-21(30)15-26(17)31/h7-15,35H,3-6,16H2,1-2H3. The van der Waals surface area contributed by atoms with Crippen LogP contribution in [0, 0.1) is 11.6 Å². The van der Waals surface area contributed by atoms with E-state index < -0.39 is 39.4 Å². The Morgan fingerprint density at radius 2 is 1.71 bits per heavy atom. The van der Waals surface area contributed by atoms with Gasteiger partial charge in [-0.1, -0.05) is 0 Å². The van der Waals surface area contributed by atoms with Gasteiger partial charge >= 0.3 is 12.1 Å². The largest absolute Gasteiger partial charge is 0.488 e. The van der Waals surface area contributed by atoms with Crippen molar-refractivity contribution in [3.63, 3.8) is 0 Å². The van der Waals surface area contributed by atoms with Crippen LogP contribution in [0.15, 0.2) is 54.6 Å². The van der Waals surface area contributed by atoms with E-state index in [-0.39, 0.29) is 41.3 Å². The van der Waals surface area contributed by atoms with Crippen LogP contribution in [-0.4, -0.2) is 27.2 Å². The molecule has 41 heavy (non-hydrogen) atoms. The molecule has 0 aromatic heterocycles. The third kappa shape index (κ3) is 7.43. The number of hydrogen-bond acceptors (Lipinski definition) is 5. The predicted octanol–water partition coefficient (Wildman–Crippen LogP) is 7.21. The van der Waals surface area contributed by atoms with Gasteiger partial charge < -0.3 is 9.47 Å². The van der Waals surface area contributed by atoms with Crippen molar-refractivity contribution >= 4 is 32.8 Å². The summed E-state index contributed by atoms with van der Waals surface area (Å²) < 4.78 is 106. The highest BCUT2D eigenvalue weighted by Crippen LogP contribution is 2.45. The number of esters is 1. The van der Waals surface area contributed by atoms with Crippen LogP contribution in [0.3, 0.4) is 0 Å². The summed E-state index contributed by atoms with van der Waals surface area (Å²) in [7, 11) is -3.72.